The van der Waals surface area contributed by atoms with Crippen molar-refractivity contribution in [3.05, 3.63) is 12.2 Å². The number of esters is 3. The van der Waals surface area contributed by atoms with E-state index in [4.69, 9.17) is 15.0 Å². The Morgan fingerprint density at radius 1 is 0.920 bits per heavy atom. The Kier molecular flexibility index (Phi) is 11.9. The smallest absolute Gasteiger partial charge is 0.481 e. The average molecular weight is 374 g/mol. The molecule has 0 rings (SSSR count). The fourth-order valence-electron chi connectivity index (χ4n) is 0.687. The molecule has 0 radical (unpaired) electrons. The minimum Gasteiger partial charge on any atom is -0.481 e. The standard InChI is InChI=1S/C10H12O8.C2HF3O2/c1-16-8(13)4-5-10(15)18-6-17-9(14)3-2-7(11)12;3-2(4,5)1(6)7/h4-5H,2-3,6H2,1H3,(H,11,12);(H,6,7)/b5-4+;. The van der Waals surface area contributed by atoms with Crippen LogP contribution in [0.1, 0.15) is 12.8 Å². The second-order valence-electron chi connectivity index (χ2n) is 3.65. The minimum absolute atomic E-state index is 0.315. The van der Waals surface area contributed by atoms with Crippen molar-refractivity contribution in [1.82, 2.24) is 0 Å². The lowest BCUT2D eigenvalue weighted by Crippen LogP contribution is -2.21. The van der Waals surface area contributed by atoms with Gasteiger partial charge in [-0.1, -0.05) is 0 Å². The fraction of sp³-hybridized carbons (Fsp3) is 0.417. The summed E-state index contributed by atoms with van der Waals surface area (Å²) in [5, 5.41) is 15.4. The van der Waals surface area contributed by atoms with Crippen LogP contribution in [0.5, 0.6) is 0 Å². The van der Waals surface area contributed by atoms with Crippen LogP contribution in [0.15, 0.2) is 12.2 Å². The summed E-state index contributed by atoms with van der Waals surface area (Å²) >= 11 is 0. The van der Waals surface area contributed by atoms with Gasteiger partial charge in [-0.05, 0) is 0 Å². The molecule has 0 heterocycles. The van der Waals surface area contributed by atoms with E-state index in [-0.39, 0.29) is 12.8 Å². The second kappa shape index (κ2) is 12.3. The van der Waals surface area contributed by atoms with Crippen molar-refractivity contribution in [3.63, 3.8) is 0 Å². The Bertz CT molecular complexity index is 524. The van der Waals surface area contributed by atoms with Crippen LogP contribution >= 0.6 is 0 Å². The van der Waals surface area contributed by atoms with Gasteiger partial charge >= 0.3 is 36.0 Å². The quantitative estimate of drug-likeness (QED) is 0.360. The molecule has 0 atom stereocenters. The van der Waals surface area contributed by atoms with Gasteiger partial charge in [0.1, 0.15) is 0 Å². The van der Waals surface area contributed by atoms with Crippen molar-refractivity contribution in [2.24, 2.45) is 0 Å². The van der Waals surface area contributed by atoms with Gasteiger partial charge in [0.2, 0.25) is 6.79 Å². The van der Waals surface area contributed by atoms with Crippen molar-refractivity contribution in [1.29, 1.82) is 0 Å². The number of halogens is 3. The van der Waals surface area contributed by atoms with E-state index < -0.39 is 42.8 Å². The molecule has 0 spiro atoms. The first-order chi connectivity index (χ1) is 11.4. The number of rotatable bonds is 7. The first-order valence-corrected chi connectivity index (χ1v) is 6.00. The number of carboxylic acid groups (broad SMARTS) is 2. The zero-order chi connectivity index (χ0) is 20.0. The van der Waals surface area contributed by atoms with Crippen LogP contribution in [0.25, 0.3) is 0 Å². The normalized spacial score (nSPS) is 10.2. The molecular formula is C12H13F3O10. The predicted octanol–water partition coefficient (Wildman–Crippen LogP) is 0.258. The first kappa shape index (κ1) is 24.1. The van der Waals surface area contributed by atoms with E-state index in [1.165, 1.54) is 0 Å². The van der Waals surface area contributed by atoms with Crippen LogP contribution < -0.4 is 0 Å². The van der Waals surface area contributed by atoms with Crippen molar-refractivity contribution in [2.75, 3.05) is 13.9 Å². The highest BCUT2D eigenvalue weighted by Gasteiger charge is 2.38. The molecule has 0 aromatic carbocycles. The third-order valence-electron chi connectivity index (χ3n) is 1.76. The van der Waals surface area contributed by atoms with Gasteiger partial charge in [0.25, 0.3) is 0 Å². The van der Waals surface area contributed by atoms with Crippen LogP contribution in [-0.4, -0.2) is 60.1 Å². The molecule has 0 aromatic heterocycles. The SMILES string of the molecule is COC(=O)/C=C/C(=O)OCOC(=O)CCC(=O)O.O=C(O)C(F)(F)F. The highest BCUT2D eigenvalue weighted by Crippen LogP contribution is 2.13. The Morgan fingerprint density at radius 2 is 1.40 bits per heavy atom. The number of carboxylic acids is 2. The summed E-state index contributed by atoms with van der Waals surface area (Å²) in [4.78, 5) is 51.4. The number of hydrogen-bond donors (Lipinski definition) is 2. The number of ether oxygens (including phenoxy) is 3. The number of aliphatic carboxylic acids is 2. The molecule has 142 valence electrons. The van der Waals surface area contributed by atoms with Crippen LogP contribution in [0.2, 0.25) is 0 Å². The molecule has 13 heteroatoms. The zero-order valence-electron chi connectivity index (χ0n) is 12.6. The number of alkyl halides is 3. The summed E-state index contributed by atoms with van der Waals surface area (Å²) in [5.74, 6) is -6.32. The number of carbonyl (C=O) groups is 5. The Balaban J connectivity index is 0. The topological polar surface area (TPSA) is 154 Å². The lowest BCUT2D eigenvalue weighted by molar-refractivity contribution is -0.192. The van der Waals surface area contributed by atoms with Crippen LogP contribution in [-0.2, 0) is 38.2 Å². The lowest BCUT2D eigenvalue weighted by Gasteiger charge is -2.03. The zero-order valence-corrected chi connectivity index (χ0v) is 12.6. The lowest BCUT2D eigenvalue weighted by atomic mass is 10.3. The number of carbonyl (C=O) groups excluding carboxylic acids is 3. The van der Waals surface area contributed by atoms with Gasteiger partial charge < -0.3 is 24.4 Å². The Morgan fingerprint density at radius 3 is 1.80 bits per heavy atom. The van der Waals surface area contributed by atoms with E-state index in [2.05, 4.69) is 14.2 Å². The van der Waals surface area contributed by atoms with E-state index >= 15 is 0 Å². The summed E-state index contributed by atoms with van der Waals surface area (Å²) in [5.41, 5.74) is 0. The molecule has 0 bridgehead atoms. The summed E-state index contributed by atoms with van der Waals surface area (Å²) < 4.78 is 44.8. The highest BCUT2D eigenvalue weighted by molar-refractivity contribution is 5.91. The fourth-order valence-corrected chi connectivity index (χ4v) is 0.687. The molecule has 0 fully saturated rings. The molecule has 0 aromatic rings. The summed E-state index contributed by atoms with van der Waals surface area (Å²) in [6, 6.07) is 0. The predicted molar refractivity (Wildman–Crippen MR) is 68.8 cm³/mol. The maximum Gasteiger partial charge on any atom is 0.490 e. The second-order valence-corrected chi connectivity index (χ2v) is 3.65. The van der Waals surface area contributed by atoms with Crippen molar-refractivity contribution in [2.45, 2.75) is 19.0 Å². The van der Waals surface area contributed by atoms with Crippen LogP contribution in [0, 0.1) is 0 Å². The third-order valence-corrected chi connectivity index (χ3v) is 1.76. The Labute approximate surface area is 137 Å². The molecule has 0 saturated carbocycles. The number of methoxy groups -OCH3 is 1. The van der Waals surface area contributed by atoms with Gasteiger partial charge in [-0.25, -0.2) is 14.4 Å². The molecule has 10 nitrogen and oxygen atoms in total. The molecule has 0 aliphatic rings. The average Bonchev–Trinajstić information content (AvgIpc) is 2.50. The largest absolute Gasteiger partial charge is 0.490 e. The highest BCUT2D eigenvalue weighted by atomic mass is 19.4. The van der Waals surface area contributed by atoms with Crippen molar-refractivity contribution in [3.8, 4) is 0 Å². The molecule has 0 amide bonds. The van der Waals surface area contributed by atoms with E-state index in [1.807, 2.05) is 0 Å². The Hall–Kier alpha value is -3.12. The van der Waals surface area contributed by atoms with E-state index in [0.717, 1.165) is 19.3 Å². The third kappa shape index (κ3) is 17.1. The van der Waals surface area contributed by atoms with Gasteiger partial charge in [-0.2, -0.15) is 13.2 Å². The molecule has 0 aliphatic heterocycles. The van der Waals surface area contributed by atoms with Gasteiger partial charge in [0.15, 0.2) is 0 Å². The maximum absolute atomic E-state index is 10.9. The van der Waals surface area contributed by atoms with E-state index in [9.17, 15) is 32.3 Å². The molecular weight excluding hydrogens is 361 g/mol. The molecule has 0 aliphatic carbocycles. The van der Waals surface area contributed by atoms with E-state index in [0.29, 0.717) is 0 Å². The van der Waals surface area contributed by atoms with Crippen LogP contribution in [0.3, 0.4) is 0 Å². The molecule has 2 N–H and O–H groups in total. The van der Waals surface area contributed by atoms with Gasteiger partial charge in [0.05, 0.1) is 20.0 Å². The van der Waals surface area contributed by atoms with Crippen LogP contribution in [0.4, 0.5) is 13.2 Å². The monoisotopic (exact) mass is 374 g/mol. The van der Waals surface area contributed by atoms with Gasteiger partial charge in [-0.3, -0.25) is 9.59 Å². The first-order valence-electron chi connectivity index (χ1n) is 6.00. The summed E-state index contributed by atoms with van der Waals surface area (Å²) in [6.07, 6.45) is -4.12. The molecule has 0 saturated heterocycles. The van der Waals surface area contributed by atoms with Crippen molar-refractivity contribution >= 4 is 29.8 Å². The van der Waals surface area contributed by atoms with Gasteiger partial charge in [-0.15, -0.1) is 0 Å². The minimum atomic E-state index is -5.08. The van der Waals surface area contributed by atoms with E-state index in [1.54, 1.807) is 0 Å². The maximum atomic E-state index is 10.9. The number of hydrogen-bond acceptors (Lipinski definition) is 8. The molecule has 25 heavy (non-hydrogen) atoms. The summed E-state index contributed by atoms with van der Waals surface area (Å²) in [6.45, 7) is -0.650. The van der Waals surface area contributed by atoms with Crippen molar-refractivity contribution < 1.29 is 61.6 Å². The van der Waals surface area contributed by atoms with Gasteiger partial charge in [0, 0.05) is 12.2 Å². The summed E-state index contributed by atoms with van der Waals surface area (Å²) in [7, 11) is 1.14. The molecule has 0 unspecified atom stereocenters.